The molecule has 0 aromatic heterocycles. The maximum Gasteiger partial charge on any atom is 0.196 e. The number of ketones is 1. The number of carbonyl (C=O) groups excluding carboxylic acids is 1. The fourth-order valence-electron chi connectivity index (χ4n) is 1.93. The third-order valence-corrected chi connectivity index (χ3v) is 3.01. The average Bonchev–Trinajstić information content (AvgIpc) is 3.23. The number of hydrogen-bond acceptors (Lipinski definition) is 3. The van der Waals surface area contributed by atoms with E-state index in [1.54, 1.807) is 36.4 Å². The second-order valence-electron chi connectivity index (χ2n) is 4.29. The van der Waals surface area contributed by atoms with E-state index in [2.05, 4.69) is 0 Å². The Labute approximate surface area is 105 Å². The molecule has 0 aliphatic carbocycles. The molecule has 3 rings (SSSR count). The summed E-state index contributed by atoms with van der Waals surface area (Å²) in [5.41, 5.74) is 1.81. The van der Waals surface area contributed by atoms with Gasteiger partial charge in [-0.05, 0) is 17.7 Å². The summed E-state index contributed by atoms with van der Waals surface area (Å²) in [7, 11) is 0. The number of phenolic OH excluding ortho intramolecular Hbond substituents is 1. The Bertz CT molecular complexity index is 586. The molecule has 1 heterocycles. The van der Waals surface area contributed by atoms with Gasteiger partial charge in [-0.3, -0.25) is 4.79 Å². The Morgan fingerprint density at radius 3 is 2.50 bits per heavy atom. The van der Waals surface area contributed by atoms with E-state index in [9.17, 15) is 9.90 Å². The zero-order valence-corrected chi connectivity index (χ0v) is 9.67. The molecular formula is C15H12O3. The topological polar surface area (TPSA) is 49.8 Å². The Hall–Kier alpha value is -2.13. The smallest absolute Gasteiger partial charge is 0.196 e. The van der Waals surface area contributed by atoms with E-state index in [0.717, 1.165) is 5.56 Å². The number of aromatic hydroxyl groups is 1. The predicted octanol–water partition coefficient (Wildman–Crippen LogP) is 2.69. The largest absolute Gasteiger partial charge is 0.507 e. The molecule has 1 aliphatic rings. The van der Waals surface area contributed by atoms with Crippen LogP contribution < -0.4 is 0 Å². The second-order valence-corrected chi connectivity index (χ2v) is 4.29. The van der Waals surface area contributed by atoms with E-state index in [1.165, 1.54) is 0 Å². The maximum absolute atomic E-state index is 12.2. The van der Waals surface area contributed by atoms with E-state index < -0.39 is 0 Å². The van der Waals surface area contributed by atoms with E-state index in [1.807, 2.05) is 12.1 Å². The molecule has 0 radical (unpaired) electrons. The van der Waals surface area contributed by atoms with Gasteiger partial charge in [0, 0.05) is 5.56 Å². The molecule has 1 saturated heterocycles. The van der Waals surface area contributed by atoms with Crippen molar-refractivity contribution in [3.8, 4) is 5.75 Å². The fraction of sp³-hybridized carbons (Fsp3) is 0.133. The molecule has 90 valence electrons. The zero-order chi connectivity index (χ0) is 12.5. The number of ether oxygens (including phenoxy) is 1. The Morgan fingerprint density at radius 2 is 1.89 bits per heavy atom. The van der Waals surface area contributed by atoms with Gasteiger partial charge >= 0.3 is 0 Å². The van der Waals surface area contributed by atoms with Crippen molar-refractivity contribution in [2.24, 2.45) is 0 Å². The third kappa shape index (κ3) is 2.00. The van der Waals surface area contributed by atoms with Gasteiger partial charge in [-0.1, -0.05) is 36.4 Å². The van der Waals surface area contributed by atoms with E-state index in [-0.39, 0.29) is 17.6 Å². The Kier molecular flexibility index (Phi) is 2.61. The van der Waals surface area contributed by atoms with Crippen molar-refractivity contribution in [2.45, 2.75) is 6.10 Å². The van der Waals surface area contributed by atoms with Gasteiger partial charge in [0.1, 0.15) is 11.9 Å². The van der Waals surface area contributed by atoms with Crippen LogP contribution >= 0.6 is 0 Å². The van der Waals surface area contributed by atoms with Crippen LogP contribution in [0.15, 0.2) is 48.5 Å². The molecule has 0 amide bonds. The summed E-state index contributed by atoms with van der Waals surface area (Å²) in [5.74, 6) is -0.159. The van der Waals surface area contributed by atoms with E-state index in [4.69, 9.17) is 4.74 Å². The molecule has 18 heavy (non-hydrogen) atoms. The number of phenols is 1. The van der Waals surface area contributed by atoms with Crippen molar-refractivity contribution < 1.29 is 14.6 Å². The molecule has 2 aromatic carbocycles. The number of hydrogen-bond donors (Lipinski definition) is 1. The summed E-state index contributed by atoms with van der Waals surface area (Å²) in [6.45, 7) is 0.686. The van der Waals surface area contributed by atoms with Crippen LogP contribution in [-0.2, 0) is 4.74 Å². The van der Waals surface area contributed by atoms with Gasteiger partial charge < -0.3 is 9.84 Å². The minimum Gasteiger partial charge on any atom is -0.507 e. The second kappa shape index (κ2) is 4.27. The van der Waals surface area contributed by atoms with Crippen molar-refractivity contribution in [1.82, 2.24) is 0 Å². The molecule has 0 bridgehead atoms. The number of epoxide rings is 1. The monoisotopic (exact) mass is 240 g/mol. The molecule has 1 atom stereocenters. The molecule has 2 aromatic rings. The van der Waals surface area contributed by atoms with Gasteiger partial charge in [0.05, 0.1) is 12.2 Å². The minimum atomic E-state index is -0.170. The fourth-order valence-corrected chi connectivity index (χ4v) is 1.93. The van der Waals surface area contributed by atoms with Crippen LogP contribution in [0.25, 0.3) is 0 Å². The Morgan fingerprint density at radius 1 is 1.17 bits per heavy atom. The molecule has 1 aliphatic heterocycles. The molecule has 3 nitrogen and oxygen atoms in total. The van der Waals surface area contributed by atoms with E-state index >= 15 is 0 Å². The van der Waals surface area contributed by atoms with Gasteiger partial charge in [-0.25, -0.2) is 0 Å². The summed E-state index contributed by atoms with van der Waals surface area (Å²) >= 11 is 0. The first-order valence-electron chi connectivity index (χ1n) is 5.80. The van der Waals surface area contributed by atoms with E-state index in [0.29, 0.717) is 17.7 Å². The average molecular weight is 240 g/mol. The molecule has 0 saturated carbocycles. The van der Waals surface area contributed by atoms with Gasteiger partial charge in [-0.2, -0.15) is 0 Å². The van der Waals surface area contributed by atoms with Crippen molar-refractivity contribution in [3.05, 3.63) is 65.2 Å². The van der Waals surface area contributed by atoms with Crippen molar-refractivity contribution in [3.63, 3.8) is 0 Å². The van der Waals surface area contributed by atoms with Gasteiger partial charge in [-0.15, -0.1) is 0 Å². The lowest BCUT2D eigenvalue weighted by Gasteiger charge is -2.05. The summed E-state index contributed by atoms with van der Waals surface area (Å²) in [6, 6.07) is 14.0. The molecule has 0 spiro atoms. The number of benzene rings is 2. The quantitative estimate of drug-likeness (QED) is 0.663. The van der Waals surface area contributed by atoms with Crippen LogP contribution in [0, 0.1) is 0 Å². The lowest BCUT2D eigenvalue weighted by molar-refractivity contribution is 0.103. The number of carbonyl (C=O) groups is 1. The highest BCUT2D eigenvalue weighted by molar-refractivity contribution is 6.10. The van der Waals surface area contributed by atoms with Gasteiger partial charge in [0.25, 0.3) is 0 Å². The first-order valence-corrected chi connectivity index (χ1v) is 5.80. The van der Waals surface area contributed by atoms with Crippen LogP contribution in [-0.4, -0.2) is 17.5 Å². The molecule has 1 fully saturated rings. The first kappa shape index (κ1) is 11.0. The zero-order valence-electron chi connectivity index (χ0n) is 9.67. The summed E-state index contributed by atoms with van der Waals surface area (Å²) in [5, 5.41) is 9.92. The summed E-state index contributed by atoms with van der Waals surface area (Å²) < 4.78 is 5.14. The Balaban J connectivity index is 1.94. The van der Waals surface area contributed by atoms with Crippen LogP contribution in [0.4, 0.5) is 0 Å². The van der Waals surface area contributed by atoms with Gasteiger partial charge in [0.2, 0.25) is 0 Å². The predicted molar refractivity (Wildman–Crippen MR) is 66.7 cm³/mol. The van der Waals surface area contributed by atoms with Crippen LogP contribution in [0.1, 0.15) is 27.6 Å². The van der Waals surface area contributed by atoms with Crippen molar-refractivity contribution in [1.29, 1.82) is 0 Å². The highest BCUT2D eigenvalue weighted by Gasteiger charge is 2.26. The standard InChI is InChI=1S/C15H12O3/c16-13-8-11(14-9-18-14)6-7-12(13)15(17)10-4-2-1-3-5-10/h1-8,14,16H,9H2. The third-order valence-electron chi connectivity index (χ3n) is 3.01. The molecule has 1 N–H and O–H groups in total. The van der Waals surface area contributed by atoms with Gasteiger partial charge in [0.15, 0.2) is 5.78 Å². The lowest BCUT2D eigenvalue weighted by Crippen LogP contribution is -2.01. The van der Waals surface area contributed by atoms with Crippen LogP contribution in [0.5, 0.6) is 5.75 Å². The highest BCUT2D eigenvalue weighted by atomic mass is 16.6. The first-order chi connectivity index (χ1) is 8.75. The molecule has 3 heteroatoms. The maximum atomic E-state index is 12.2. The normalized spacial score (nSPS) is 17.4. The minimum absolute atomic E-state index is 0.0110. The molecule has 1 unspecified atom stereocenters. The van der Waals surface area contributed by atoms with Crippen molar-refractivity contribution in [2.75, 3.05) is 6.61 Å². The molecular weight excluding hydrogens is 228 g/mol. The summed E-state index contributed by atoms with van der Waals surface area (Å²) in [4.78, 5) is 12.2. The SMILES string of the molecule is O=C(c1ccccc1)c1ccc(C2CO2)cc1O. The lowest BCUT2D eigenvalue weighted by atomic mass is 10.0. The number of rotatable bonds is 3. The highest BCUT2D eigenvalue weighted by Crippen LogP contribution is 2.33. The van der Waals surface area contributed by atoms with Crippen LogP contribution in [0.3, 0.4) is 0 Å². The van der Waals surface area contributed by atoms with Crippen molar-refractivity contribution >= 4 is 5.78 Å². The summed E-state index contributed by atoms with van der Waals surface area (Å²) in [6.07, 6.45) is 0.0803. The van der Waals surface area contributed by atoms with Crippen LogP contribution in [0.2, 0.25) is 0 Å².